The summed E-state index contributed by atoms with van der Waals surface area (Å²) in [5.74, 6) is -3.92. The summed E-state index contributed by atoms with van der Waals surface area (Å²) in [7, 11) is -1.17. The number of rotatable bonds is 4. The SMILES string of the molecule is CO.CO.CO.Cc1cccc2c1O[P+](O)(OC(O)(O)C1CCC(n3cc(F)c(=O)[nH]c3=O)O1)OC2. The van der Waals surface area contributed by atoms with E-state index in [-0.39, 0.29) is 19.4 Å². The maximum absolute atomic E-state index is 13.5. The predicted molar refractivity (Wildman–Crippen MR) is 123 cm³/mol. The van der Waals surface area contributed by atoms with Crippen molar-refractivity contribution in [1.82, 2.24) is 9.55 Å². The van der Waals surface area contributed by atoms with Crippen LogP contribution in [0, 0.1) is 12.7 Å². The largest absolute Gasteiger partial charge is 0.625 e. The van der Waals surface area contributed by atoms with Gasteiger partial charge in [-0.2, -0.15) is 9.28 Å². The Labute approximate surface area is 205 Å². The Kier molecular flexibility index (Phi) is 12.2. The van der Waals surface area contributed by atoms with Gasteiger partial charge in [-0.25, -0.2) is 4.79 Å². The van der Waals surface area contributed by atoms with Gasteiger partial charge in [0.25, 0.3) is 5.56 Å². The highest BCUT2D eigenvalue weighted by Gasteiger charge is 2.60. The van der Waals surface area contributed by atoms with E-state index < -0.39 is 43.5 Å². The molecule has 0 radical (unpaired) electrons. The third kappa shape index (κ3) is 7.36. The smallest absolute Gasteiger partial charge is 0.400 e. The number of nitrogens with zero attached hydrogens (tertiary/aromatic N) is 1. The number of hydrogen-bond acceptors (Lipinski definition) is 12. The molecule has 2 aromatic rings. The zero-order valence-corrected chi connectivity index (χ0v) is 20.9. The number of benzene rings is 1. The molecule has 0 bridgehead atoms. The van der Waals surface area contributed by atoms with E-state index in [0.29, 0.717) is 23.1 Å². The molecule has 0 spiro atoms. The van der Waals surface area contributed by atoms with E-state index in [1.54, 1.807) is 30.1 Å². The number of aromatic nitrogens is 2. The Morgan fingerprint density at radius 2 is 1.78 bits per heavy atom. The topological polar surface area (TPSA) is 213 Å². The monoisotopic (exact) mass is 541 g/mol. The van der Waals surface area contributed by atoms with Crippen molar-refractivity contribution in [2.75, 3.05) is 21.3 Å². The second kappa shape index (κ2) is 13.9. The first kappa shape index (κ1) is 31.7. The van der Waals surface area contributed by atoms with Crippen LogP contribution in [0.5, 0.6) is 5.75 Å². The minimum absolute atomic E-state index is 0.0273. The second-order valence-corrected chi connectivity index (χ2v) is 8.51. The lowest BCUT2D eigenvalue weighted by atomic mass is 10.1. The third-order valence-corrected chi connectivity index (χ3v) is 6.15. The van der Waals surface area contributed by atoms with Crippen LogP contribution >= 0.6 is 8.17 Å². The van der Waals surface area contributed by atoms with E-state index in [4.69, 9.17) is 33.6 Å². The van der Waals surface area contributed by atoms with E-state index in [0.717, 1.165) is 25.9 Å². The van der Waals surface area contributed by atoms with Gasteiger partial charge in [0.05, 0.1) is 6.20 Å². The van der Waals surface area contributed by atoms with Crippen LogP contribution in [-0.2, 0) is 20.4 Å². The van der Waals surface area contributed by atoms with Crippen LogP contribution in [0.4, 0.5) is 4.39 Å². The van der Waals surface area contributed by atoms with Gasteiger partial charge in [0.2, 0.25) is 5.82 Å². The number of halogens is 1. The number of hydrogen-bond donors (Lipinski definition) is 7. The van der Waals surface area contributed by atoms with Crippen molar-refractivity contribution in [1.29, 1.82) is 0 Å². The number of para-hydroxylation sites is 1. The third-order valence-electron chi connectivity index (χ3n) is 4.78. The molecule has 4 rings (SSSR count). The van der Waals surface area contributed by atoms with Crippen molar-refractivity contribution in [2.24, 2.45) is 0 Å². The fourth-order valence-electron chi connectivity index (χ4n) is 3.30. The average Bonchev–Trinajstić information content (AvgIpc) is 3.37. The van der Waals surface area contributed by atoms with Crippen molar-refractivity contribution in [3.05, 3.63) is 62.2 Å². The molecule has 2 aliphatic heterocycles. The van der Waals surface area contributed by atoms with Crippen LogP contribution in [0.15, 0.2) is 34.0 Å². The fraction of sp³-hybridized carbons (Fsp3) is 0.500. The maximum Gasteiger partial charge on any atom is 0.625 e. The summed E-state index contributed by atoms with van der Waals surface area (Å²) >= 11 is 0. The number of aromatic amines is 1. The number of nitrogens with one attached hydrogen (secondary N) is 1. The number of fused-ring (bicyclic) bond motifs is 1. The first-order valence-corrected chi connectivity index (χ1v) is 11.8. The predicted octanol–water partition coefficient (Wildman–Crippen LogP) is -0.579. The summed E-state index contributed by atoms with van der Waals surface area (Å²) in [6.45, 7) is 1.67. The highest BCUT2D eigenvalue weighted by Crippen LogP contribution is 2.64. The highest BCUT2D eigenvalue weighted by molar-refractivity contribution is 7.55. The summed E-state index contributed by atoms with van der Waals surface area (Å²) in [4.78, 5) is 35.4. The van der Waals surface area contributed by atoms with E-state index in [2.05, 4.69) is 0 Å². The Morgan fingerprint density at radius 3 is 2.42 bits per heavy atom. The summed E-state index contributed by atoms with van der Waals surface area (Å²) in [6.07, 6.45) is -1.82. The zero-order chi connectivity index (χ0) is 27.7. The average molecular weight is 541 g/mol. The molecule has 1 aromatic carbocycles. The van der Waals surface area contributed by atoms with E-state index >= 15 is 0 Å². The molecule has 3 atom stereocenters. The lowest BCUT2D eigenvalue weighted by molar-refractivity contribution is -0.351. The molecule has 16 heteroatoms. The number of aliphatic hydroxyl groups excluding tert-OH is 3. The van der Waals surface area contributed by atoms with Crippen LogP contribution in [-0.4, -0.2) is 73.4 Å². The van der Waals surface area contributed by atoms with Crippen molar-refractivity contribution in [3.63, 3.8) is 0 Å². The first-order chi connectivity index (χ1) is 17.1. The molecular formula is C20H31FN2O12P+. The van der Waals surface area contributed by atoms with Crippen LogP contribution in [0.2, 0.25) is 0 Å². The van der Waals surface area contributed by atoms with Gasteiger partial charge in [0.1, 0.15) is 18.9 Å². The Morgan fingerprint density at radius 1 is 1.14 bits per heavy atom. The fourth-order valence-corrected chi connectivity index (χ4v) is 4.69. The van der Waals surface area contributed by atoms with Gasteiger partial charge < -0.3 is 30.3 Å². The first-order valence-electron chi connectivity index (χ1n) is 10.3. The minimum Gasteiger partial charge on any atom is -0.400 e. The normalized spacial score (nSPS) is 22.4. The van der Waals surface area contributed by atoms with Gasteiger partial charge in [-0.15, -0.1) is 4.52 Å². The molecule has 0 amide bonds. The molecule has 1 saturated heterocycles. The number of aryl methyl sites for hydroxylation is 1. The molecule has 14 nitrogen and oxygen atoms in total. The summed E-state index contributed by atoms with van der Waals surface area (Å²) in [5, 5.41) is 41.8. The molecule has 204 valence electrons. The summed E-state index contributed by atoms with van der Waals surface area (Å²) in [6, 6.07) is 5.25. The molecule has 0 aliphatic carbocycles. The Hall–Kier alpha value is -2.30. The van der Waals surface area contributed by atoms with Crippen LogP contribution in [0.3, 0.4) is 0 Å². The molecule has 36 heavy (non-hydrogen) atoms. The van der Waals surface area contributed by atoms with Crippen molar-refractivity contribution in [3.8, 4) is 5.75 Å². The second-order valence-electron chi connectivity index (χ2n) is 6.95. The van der Waals surface area contributed by atoms with Crippen LogP contribution < -0.4 is 15.8 Å². The van der Waals surface area contributed by atoms with Gasteiger partial charge in [-0.3, -0.25) is 18.9 Å². The molecule has 1 aromatic heterocycles. The number of H-pyrrole nitrogens is 1. The standard InChI is InChI=1S/C17H18FN2O9P.3CH4O/c1-9-3-2-4-10-8-26-30(25,28-14(9)10)29-17(23,24)12-5-6-13(27-12)20-7-11(18)15(21)19-16(20)22;3*1-2/h2-4,7,12-13,23-25H,5-6,8H2,1H3;3*2H,1H3/p+1. The van der Waals surface area contributed by atoms with Crippen LogP contribution in [0.1, 0.15) is 30.2 Å². The van der Waals surface area contributed by atoms with Gasteiger partial charge in [0, 0.05) is 26.9 Å². The van der Waals surface area contributed by atoms with Crippen molar-refractivity contribution < 1.29 is 53.1 Å². The zero-order valence-electron chi connectivity index (χ0n) is 20.0. The van der Waals surface area contributed by atoms with Gasteiger partial charge in [-0.05, 0) is 25.3 Å². The lowest BCUT2D eigenvalue weighted by Gasteiger charge is -2.29. The minimum atomic E-state index is -4.17. The maximum atomic E-state index is 13.5. The molecule has 3 heterocycles. The number of ether oxygens (including phenoxy) is 1. The molecule has 3 unspecified atom stereocenters. The van der Waals surface area contributed by atoms with Crippen molar-refractivity contribution in [2.45, 2.75) is 44.7 Å². The van der Waals surface area contributed by atoms with Gasteiger partial charge >= 0.3 is 19.8 Å². The summed E-state index contributed by atoms with van der Waals surface area (Å²) < 4.78 is 35.3. The van der Waals surface area contributed by atoms with E-state index in [9.17, 15) is 29.1 Å². The molecular weight excluding hydrogens is 510 g/mol. The van der Waals surface area contributed by atoms with E-state index in [1.807, 2.05) is 0 Å². The molecule has 1 fully saturated rings. The Balaban J connectivity index is 0.00000101. The van der Waals surface area contributed by atoms with E-state index in [1.165, 1.54) is 0 Å². The molecule has 0 saturated carbocycles. The summed E-state index contributed by atoms with van der Waals surface area (Å²) in [5.41, 5.74) is -0.758. The quantitative estimate of drug-likeness (QED) is 0.191. The van der Waals surface area contributed by atoms with Gasteiger partial charge in [0.15, 0.2) is 5.75 Å². The lowest BCUT2D eigenvalue weighted by Crippen LogP contribution is -2.45. The van der Waals surface area contributed by atoms with Crippen LogP contribution in [0.25, 0.3) is 0 Å². The highest BCUT2D eigenvalue weighted by atomic mass is 31.2. The van der Waals surface area contributed by atoms with Gasteiger partial charge in [-0.1, -0.05) is 22.7 Å². The Bertz CT molecular complexity index is 1100. The molecule has 7 N–H and O–H groups in total. The van der Waals surface area contributed by atoms with Crippen molar-refractivity contribution >= 4 is 8.17 Å². The molecule has 2 aliphatic rings. The number of aliphatic hydroxyl groups is 5.